The molecule has 2 aromatic heterocycles. The minimum Gasteiger partial charge on any atom is -0.437 e. The molecule has 2 aromatic rings. The fraction of sp³-hybridized carbons (Fsp3) is 0. The largest absolute Gasteiger partial charge is 0.437 e. The minimum absolute atomic E-state index is 0.336. The van der Waals surface area contributed by atoms with E-state index in [2.05, 4.69) is 30.9 Å². The smallest absolute Gasteiger partial charge is 0.223 e. The number of hydrogen-bond acceptors (Lipinski definition) is 4. The van der Waals surface area contributed by atoms with E-state index >= 15 is 0 Å². The molecule has 0 bridgehead atoms. The second-order valence-corrected chi connectivity index (χ2v) is 3.92. The van der Waals surface area contributed by atoms with Gasteiger partial charge in [0.15, 0.2) is 0 Å². The van der Waals surface area contributed by atoms with Crippen LogP contribution in [0.25, 0.3) is 0 Å². The molecule has 2 rings (SSSR count). The SMILES string of the molecule is Clc1cc(Oc2cncc(Br)c2)ncn1. The average molecular weight is 287 g/mol. The molecule has 0 spiro atoms. The molecular weight excluding hydrogens is 281 g/mol. The molecule has 0 N–H and O–H groups in total. The quantitative estimate of drug-likeness (QED) is 0.796. The molecule has 4 nitrogen and oxygen atoms in total. The summed E-state index contributed by atoms with van der Waals surface area (Å²) in [5, 5.41) is 0.336. The van der Waals surface area contributed by atoms with Crippen LogP contribution in [0.2, 0.25) is 5.15 Å². The topological polar surface area (TPSA) is 47.9 Å². The molecule has 0 aliphatic carbocycles. The van der Waals surface area contributed by atoms with Gasteiger partial charge in [0.1, 0.15) is 17.2 Å². The predicted octanol–water partition coefficient (Wildman–Crippen LogP) is 3.08. The van der Waals surface area contributed by atoms with Crippen molar-refractivity contribution >= 4 is 27.5 Å². The van der Waals surface area contributed by atoms with E-state index in [0.717, 1.165) is 4.47 Å². The van der Waals surface area contributed by atoms with Crippen molar-refractivity contribution in [3.8, 4) is 11.6 Å². The van der Waals surface area contributed by atoms with Gasteiger partial charge < -0.3 is 4.74 Å². The van der Waals surface area contributed by atoms with E-state index < -0.39 is 0 Å². The monoisotopic (exact) mass is 285 g/mol. The van der Waals surface area contributed by atoms with Crippen molar-refractivity contribution in [1.82, 2.24) is 15.0 Å². The van der Waals surface area contributed by atoms with Crippen LogP contribution in [0.3, 0.4) is 0 Å². The van der Waals surface area contributed by atoms with Gasteiger partial charge in [-0.3, -0.25) is 4.98 Å². The van der Waals surface area contributed by atoms with Gasteiger partial charge in [-0.15, -0.1) is 0 Å². The van der Waals surface area contributed by atoms with E-state index in [1.165, 1.54) is 12.4 Å². The van der Waals surface area contributed by atoms with Gasteiger partial charge >= 0.3 is 0 Å². The molecule has 76 valence electrons. The number of nitrogens with zero attached hydrogens (tertiary/aromatic N) is 3. The van der Waals surface area contributed by atoms with E-state index in [1.807, 2.05) is 0 Å². The van der Waals surface area contributed by atoms with Crippen LogP contribution in [0.15, 0.2) is 35.3 Å². The standard InChI is InChI=1S/C9H5BrClN3O/c10-6-1-7(4-12-3-6)15-9-2-8(11)13-5-14-9/h1-5H. The highest BCUT2D eigenvalue weighted by Gasteiger charge is 2.00. The normalized spacial score (nSPS) is 10.0. The molecule has 0 aromatic carbocycles. The summed E-state index contributed by atoms with van der Waals surface area (Å²) in [5.74, 6) is 0.967. The van der Waals surface area contributed by atoms with Crippen molar-refractivity contribution in [2.45, 2.75) is 0 Å². The molecule has 0 radical (unpaired) electrons. The summed E-state index contributed by atoms with van der Waals surface area (Å²) in [6, 6.07) is 3.31. The van der Waals surface area contributed by atoms with Crippen molar-refractivity contribution in [2.75, 3.05) is 0 Å². The first-order valence-electron chi connectivity index (χ1n) is 4.00. The molecule has 0 unspecified atom stereocenters. The zero-order chi connectivity index (χ0) is 10.7. The molecule has 0 aliphatic rings. The predicted molar refractivity (Wildman–Crippen MR) is 59.1 cm³/mol. The number of aromatic nitrogens is 3. The summed E-state index contributed by atoms with van der Waals surface area (Å²) < 4.78 is 6.25. The van der Waals surface area contributed by atoms with Crippen LogP contribution in [0.5, 0.6) is 11.6 Å². The zero-order valence-electron chi connectivity index (χ0n) is 7.39. The van der Waals surface area contributed by atoms with Crippen LogP contribution in [0, 0.1) is 0 Å². The van der Waals surface area contributed by atoms with Crippen molar-refractivity contribution in [3.05, 3.63) is 40.5 Å². The molecule has 0 aliphatic heterocycles. The van der Waals surface area contributed by atoms with Gasteiger partial charge in [-0.2, -0.15) is 0 Å². The lowest BCUT2D eigenvalue weighted by molar-refractivity contribution is 0.459. The Labute approximate surface area is 99.4 Å². The molecule has 15 heavy (non-hydrogen) atoms. The summed E-state index contributed by atoms with van der Waals surface area (Å²) in [5.41, 5.74) is 0. The summed E-state index contributed by atoms with van der Waals surface area (Å²) in [6.45, 7) is 0. The third kappa shape index (κ3) is 2.87. The average Bonchev–Trinajstić information content (AvgIpc) is 2.17. The van der Waals surface area contributed by atoms with Gasteiger partial charge in [-0.25, -0.2) is 9.97 Å². The van der Waals surface area contributed by atoms with Crippen LogP contribution >= 0.6 is 27.5 Å². The lowest BCUT2D eigenvalue weighted by Gasteiger charge is -2.03. The number of ether oxygens (including phenoxy) is 1. The lowest BCUT2D eigenvalue weighted by Crippen LogP contribution is -1.89. The third-order valence-electron chi connectivity index (χ3n) is 1.51. The Balaban J connectivity index is 2.22. The molecule has 0 saturated heterocycles. The first-order valence-corrected chi connectivity index (χ1v) is 5.17. The van der Waals surface area contributed by atoms with E-state index in [9.17, 15) is 0 Å². The van der Waals surface area contributed by atoms with Crippen molar-refractivity contribution in [3.63, 3.8) is 0 Å². The minimum atomic E-state index is 0.336. The Kier molecular flexibility index (Phi) is 3.13. The Morgan fingerprint density at radius 1 is 1.20 bits per heavy atom. The van der Waals surface area contributed by atoms with Gasteiger partial charge in [0.05, 0.1) is 6.20 Å². The fourth-order valence-corrected chi connectivity index (χ4v) is 1.42. The molecule has 2 heterocycles. The first-order chi connectivity index (χ1) is 7.24. The van der Waals surface area contributed by atoms with Gasteiger partial charge in [0.2, 0.25) is 5.88 Å². The van der Waals surface area contributed by atoms with Crippen molar-refractivity contribution in [1.29, 1.82) is 0 Å². The summed E-state index contributed by atoms with van der Waals surface area (Å²) in [4.78, 5) is 11.6. The third-order valence-corrected chi connectivity index (χ3v) is 2.15. The van der Waals surface area contributed by atoms with Crippen LogP contribution in [0.1, 0.15) is 0 Å². The molecule has 0 saturated carbocycles. The summed E-state index contributed by atoms with van der Waals surface area (Å²) >= 11 is 8.97. The molecular formula is C9H5BrClN3O. The maximum absolute atomic E-state index is 5.69. The summed E-state index contributed by atoms with van der Waals surface area (Å²) in [7, 11) is 0. The Morgan fingerprint density at radius 2 is 2.07 bits per heavy atom. The van der Waals surface area contributed by atoms with E-state index in [-0.39, 0.29) is 0 Å². The second kappa shape index (κ2) is 4.55. The van der Waals surface area contributed by atoms with Gasteiger partial charge in [-0.1, -0.05) is 11.6 Å². The number of halogens is 2. The molecule has 0 amide bonds. The summed E-state index contributed by atoms with van der Waals surface area (Å²) in [6.07, 6.45) is 4.59. The second-order valence-electron chi connectivity index (χ2n) is 2.62. The van der Waals surface area contributed by atoms with Crippen LogP contribution in [-0.2, 0) is 0 Å². The number of pyridine rings is 1. The Morgan fingerprint density at radius 3 is 2.80 bits per heavy atom. The Hall–Kier alpha value is -1.20. The van der Waals surface area contributed by atoms with E-state index in [4.69, 9.17) is 16.3 Å². The Bertz CT molecular complexity index is 437. The highest BCUT2D eigenvalue weighted by molar-refractivity contribution is 9.10. The highest BCUT2D eigenvalue weighted by Crippen LogP contribution is 2.22. The number of rotatable bonds is 2. The van der Waals surface area contributed by atoms with Gasteiger partial charge in [0.25, 0.3) is 0 Å². The van der Waals surface area contributed by atoms with Crippen molar-refractivity contribution < 1.29 is 4.74 Å². The maximum atomic E-state index is 5.69. The molecule has 0 fully saturated rings. The zero-order valence-corrected chi connectivity index (χ0v) is 9.73. The van der Waals surface area contributed by atoms with E-state index in [1.54, 1.807) is 18.5 Å². The fourth-order valence-electron chi connectivity index (χ4n) is 0.942. The van der Waals surface area contributed by atoms with Crippen LogP contribution in [0.4, 0.5) is 0 Å². The van der Waals surface area contributed by atoms with Crippen molar-refractivity contribution in [2.24, 2.45) is 0 Å². The maximum Gasteiger partial charge on any atom is 0.223 e. The van der Waals surface area contributed by atoms with Crippen LogP contribution < -0.4 is 4.74 Å². The van der Waals surface area contributed by atoms with Gasteiger partial charge in [0, 0.05) is 16.7 Å². The van der Waals surface area contributed by atoms with E-state index in [0.29, 0.717) is 16.8 Å². The molecule has 0 atom stereocenters. The highest BCUT2D eigenvalue weighted by atomic mass is 79.9. The first kappa shape index (κ1) is 10.3. The number of hydrogen-bond donors (Lipinski definition) is 0. The molecule has 6 heteroatoms. The van der Waals surface area contributed by atoms with Crippen LogP contribution in [-0.4, -0.2) is 15.0 Å². The lowest BCUT2D eigenvalue weighted by atomic mass is 10.5. The van der Waals surface area contributed by atoms with Gasteiger partial charge in [-0.05, 0) is 22.0 Å².